The van der Waals surface area contributed by atoms with Crippen LogP contribution in [0.15, 0.2) is 29.3 Å². The van der Waals surface area contributed by atoms with E-state index in [-0.39, 0.29) is 12.0 Å². The molecule has 0 spiro atoms. The molecule has 0 heterocycles. The van der Waals surface area contributed by atoms with Crippen molar-refractivity contribution in [2.45, 2.75) is 18.9 Å². The Hall–Kier alpha value is -0.740. The Kier molecular flexibility index (Phi) is 4.42. The van der Waals surface area contributed by atoms with Gasteiger partial charge in [0.05, 0.1) is 11.7 Å². The molecular formula is C11H11BrF2O. The van der Waals surface area contributed by atoms with E-state index >= 15 is 0 Å². The van der Waals surface area contributed by atoms with Gasteiger partial charge in [0.15, 0.2) is 0 Å². The third kappa shape index (κ3) is 3.11. The Bertz CT molecular complexity index is 343. The lowest BCUT2D eigenvalue weighted by Crippen LogP contribution is -2.04. The van der Waals surface area contributed by atoms with Crippen LogP contribution < -0.4 is 0 Å². The van der Waals surface area contributed by atoms with Crippen LogP contribution in [-0.4, -0.2) is 5.11 Å². The van der Waals surface area contributed by atoms with E-state index in [1.54, 1.807) is 6.08 Å². The Balaban J connectivity index is 2.97. The van der Waals surface area contributed by atoms with Gasteiger partial charge in [0.2, 0.25) is 0 Å². The molecule has 1 atom stereocenters. The first kappa shape index (κ1) is 12.3. The Morgan fingerprint density at radius 2 is 1.93 bits per heavy atom. The molecule has 0 aliphatic carbocycles. The fourth-order valence-corrected chi connectivity index (χ4v) is 1.69. The fourth-order valence-electron chi connectivity index (χ4n) is 1.29. The average Bonchev–Trinajstić information content (AvgIpc) is 2.12. The SMILES string of the molecule is C=CCCC(O)c1c(F)cc(Br)cc1F. The number of hydrogen-bond acceptors (Lipinski definition) is 1. The van der Waals surface area contributed by atoms with E-state index in [2.05, 4.69) is 22.5 Å². The highest BCUT2D eigenvalue weighted by Crippen LogP contribution is 2.27. The van der Waals surface area contributed by atoms with E-state index < -0.39 is 17.7 Å². The molecule has 0 saturated heterocycles. The first-order valence-corrected chi connectivity index (χ1v) is 5.29. The molecule has 0 aliphatic rings. The van der Waals surface area contributed by atoms with Gasteiger partial charge in [-0.2, -0.15) is 0 Å². The van der Waals surface area contributed by atoms with Crippen LogP contribution in [-0.2, 0) is 0 Å². The molecule has 4 heteroatoms. The summed E-state index contributed by atoms with van der Waals surface area (Å²) in [6.45, 7) is 3.48. The number of benzene rings is 1. The molecule has 0 bridgehead atoms. The summed E-state index contributed by atoms with van der Waals surface area (Å²) in [7, 11) is 0. The summed E-state index contributed by atoms with van der Waals surface area (Å²) in [6.07, 6.45) is 1.24. The van der Waals surface area contributed by atoms with E-state index in [1.807, 2.05) is 0 Å². The smallest absolute Gasteiger partial charge is 0.133 e. The standard InChI is InChI=1S/C11H11BrF2O/c1-2-3-4-10(15)11-8(13)5-7(12)6-9(11)14/h2,5-6,10,15H,1,3-4H2. The zero-order chi connectivity index (χ0) is 11.4. The van der Waals surface area contributed by atoms with Gasteiger partial charge in [0, 0.05) is 4.47 Å². The zero-order valence-corrected chi connectivity index (χ0v) is 9.60. The van der Waals surface area contributed by atoms with Gasteiger partial charge >= 0.3 is 0 Å². The lowest BCUT2D eigenvalue weighted by molar-refractivity contribution is 0.159. The topological polar surface area (TPSA) is 20.2 Å². The van der Waals surface area contributed by atoms with E-state index in [0.717, 1.165) is 12.1 Å². The van der Waals surface area contributed by atoms with Gasteiger partial charge in [-0.05, 0) is 25.0 Å². The first-order chi connectivity index (χ1) is 7.06. The maximum absolute atomic E-state index is 13.3. The summed E-state index contributed by atoms with van der Waals surface area (Å²) in [5, 5.41) is 9.56. The Morgan fingerprint density at radius 3 is 2.40 bits per heavy atom. The van der Waals surface area contributed by atoms with Crippen molar-refractivity contribution in [2.24, 2.45) is 0 Å². The summed E-state index contributed by atoms with van der Waals surface area (Å²) < 4.78 is 27.0. The number of aliphatic hydroxyl groups excluding tert-OH is 1. The minimum atomic E-state index is -1.13. The normalized spacial score (nSPS) is 12.5. The quantitative estimate of drug-likeness (QED) is 0.831. The van der Waals surface area contributed by atoms with Gasteiger partial charge in [-0.15, -0.1) is 6.58 Å². The number of allylic oxidation sites excluding steroid dienone is 1. The van der Waals surface area contributed by atoms with Crippen LogP contribution in [0.4, 0.5) is 8.78 Å². The summed E-state index contributed by atoms with van der Waals surface area (Å²) in [6, 6.07) is 2.27. The third-order valence-electron chi connectivity index (χ3n) is 2.02. The molecule has 0 fully saturated rings. The number of halogens is 3. The largest absolute Gasteiger partial charge is 0.388 e. The van der Waals surface area contributed by atoms with Crippen LogP contribution >= 0.6 is 15.9 Å². The van der Waals surface area contributed by atoms with Gasteiger partial charge in [0.25, 0.3) is 0 Å². The van der Waals surface area contributed by atoms with Crippen molar-refractivity contribution in [3.05, 3.63) is 46.5 Å². The highest BCUT2D eigenvalue weighted by atomic mass is 79.9. The van der Waals surface area contributed by atoms with Gasteiger partial charge in [-0.25, -0.2) is 8.78 Å². The molecule has 0 aromatic heterocycles. The monoisotopic (exact) mass is 276 g/mol. The molecule has 15 heavy (non-hydrogen) atoms. The van der Waals surface area contributed by atoms with E-state index in [0.29, 0.717) is 10.9 Å². The van der Waals surface area contributed by atoms with Crippen molar-refractivity contribution in [3.8, 4) is 0 Å². The van der Waals surface area contributed by atoms with Crippen LogP contribution in [0.2, 0.25) is 0 Å². The maximum atomic E-state index is 13.3. The van der Waals surface area contributed by atoms with Crippen LogP contribution in [0, 0.1) is 11.6 Å². The van der Waals surface area contributed by atoms with Gasteiger partial charge < -0.3 is 5.11 Å². The van der Waals surface area contributed by atoms with Crippen molar-refractivity contribution in [3.63, 3.8) is 0 Å². The fraction of sp³-hybridized carbons (Fsp3) is 0.273. The molecule has 0 amide bonds. The summed E-state index contributed by atoms with van der Waals surface area (Å²) >= 11 is 2.97. The number of rotatable bonds is 4. The predicted molar refractivity (Wildman–Crippen MR) is 58.4 cm³/mol. The molecule has 0 saturated carbocycles. The van der Waals surface area contributed by atoms with Crippen molar-refractivity contribution in [1.29, 1.82) is 0 Å². The number of hydrogen-bond donors (Lipinski definition) is 1. The summed E-state index contributed by atoms with van der Waals surface area (Å²) in [4.78, 5) is 0. The highest BCUT2D eigenvalue weighted by molar-refractivity contribution is 9.10. The second-order valence-electron chi connectivity index (χ2n) is 3.16. The molecule has 1 N–H and O–H groups in total. The van der Waals surface area contributed by atoms with Gasteiger partial charge in [-0.1, -0.05) is 22.0 Å². The Labute approximate surface area is 95.6 Å². The highest BCUT2D eigenvalue weighted by Gasteiger charge is 2.17. The van der Waals surface area contributed by atoms with Gasteiger partial charge in [-0.3, -0.25) is 0 Å². The second kappa shape index (κ2) is 5.37. The Morgan fingerprint density at radius 1 is 1.40 bits per heavy atom. The van der Waals surface area contributed by atoms with Crippen molar-refractivity contribution >= 4 is 15.9 Å². The second-order valence-corrected chi connectivity index (χ2v) is 4.08. The minimum absolute atomic E-state index is 0.263. The molecular weight excluding hydrogens is 266 g/mol. The van der Waals surface area contributed by atoms with Crippen LogP contribution in [0.1, 0.15) is 24.5 Å². The first-order valence-electron chi connectivity index (χ1n) is 4.49. The molecule has 1 rings (SSSR count). The number of aliphatic hydroxyl groups is 1. The summed E-state index contributed by atoms with van der Waals surface area (Å²) in [5.41, 5.74) is -0.278. The van der Waals surface area contributed by atoms with E-state index in [4.69, 9.17) is 0 Å². The molecule has 1 unspecified atom stereocenters. The van der Waals surface area contributed by atoms with Crippen LogP contribution in [0.25, 0.3) is 0 Å². The molecule has 1 nitrogen and oxygen atoms in total. The lowest BCUT2D eigenvalue weighted by atomic mass is 10.0. The minimum Gasteiger partial charge on any atom is -0.388 e. The van der Waals surface area contributed by atoms with Crippen molar-refractivity contribution < 1.29 is 13.9 Å². The van der Waals surface area contributed by atoms with Gasteiger partial charge in [0.1, 0.15) is 11.6 Å². The molecule has 0 radical (unpaired) electrons. The average molecular weight is 277 g/mol. The molecule has 1 aromatic rings. The molecule has 0 aliphatic heterocycles. The lowest BCUT2D eigenvalue weighted by Gasteiger charge is -2.12. The van der Waals surface area contributed by atoms with E-state index in [1.165, 1.54) is 0 Å². The maximum Gasteiger partial charge on any atom is 0.133 e. The van der Waals surface area contributed by atoms with Crippen molar-refractivity contribution in [1.82, 2.24) is 0 Å². The molecule has 1 aromatic carbocycles. The molecule has 82 valence electrons. The predicted octanol–water partition coefficient (Wildman–Crippen LogP) is 3.73. The third-order valence-corrected chi connectivity index (χ3v) is 2.48. The van der Waals surface area contributed by atoms with E-state index in [9.17, 15) is 13.9 Å². The van der Waals surface area contributed by atoms with Crippen LogP contribution in [0.3, 0.4) is 0 Å². The van der Waals surface area contributed by atoms with Crippen molar-refractivity contribution in [2.75, 3.05) is 0 Å². The zero-order valence-electron chi connectivity index (χ0n) is 8.01. The van der Waals surface area contributed by atoms with Crippen LogP contribution in [0.5, 0.6) is 0 Å². The summed E-state index contributed by atoms with van der Waals surface area (Å²) in [5.74, 6) is -1.48.